The Morgan fingerprint density at radius 3 is 2.50 bits per heavy atom. The van der Waals surface area contributed by atoms with Crippen LogP contribution in [-0.2, 0) is 9.84 Å². The van der Waals surface area contributed by atoms with Gasteiger partial charge in [-0.15, -0.1) is 0 Å². The number of nitrogens with one attached hydrogen (secondary N) is 1. The van der Waals surface area contributed by atoms with E-state index in [0.717, 1.165) is 64.3 Å². The van der Waals surface area contributed by atoms with Crippen LogP contribution >= 0.6 is 0 Å². The Bertz CT molecular complexity index is 423. The highest BCUT2D eigenvalue weighted by Crippen LogP contribution is 2.39. The van der Waals surface area contributed by atoms with Crippen molar-refractivity contribution in [1.29, 1.82) is 0 Å². The maximum absolute atomic E-state index is 12.6. The molecule has 0 aromatic rings. The third-order valence-corrected chi connectivity index (χ3v) is 8.16. The summed E-state index contributed by atoms with van der Waals surface area (Å²) in [6.45, 7) is 4.93. The molecule has 2 heterocycles. The molecule has 1 N–H and O–H groups in total. The maximum Gasteiger partial charge on any atom is 0.158 e. The fraction of sp³-hybridized carbons (Fsp3) is 1.00. The van der Waals surface area contributed by atoms with Crippen molar-refractivity contribution in [2.75, 3.05) is 38.5 Å². The van der Waals surface area contributed by atoms with Crippen LogP contribution in [0.4, 0.5) is 0 Å². The number of piperidine rings is 1. The molecule has 0 amide bonds. The number of nitrogens with zero attached hydrogens (tertiary/aromatic N) is 1. The van der Waals surface area contributed by atoms with Gasteiger partial charge in [-0.1, -0.05) is 19.3 Å². The summed E-state index contributed by atoms with van der Waals surface area (Å²) in [6.07, 6.45) is 7.70. The van der Waals surface area contributed by atoms with E-state index in [9.17, 15) is 8.42 Å². The first-order valence-electron chi connectivity index (χ1n) is 8.27. The SMILES string of the molecule is O=S1(=O)CCN(CC2CCNCC2)CC12CCCCC2. The van der Waals surface area contributed by atoms with Crippen molar-refractivity contribution in [3.8, 4) is 0 Å². The first-order valence-corrected chi connectivity index (χ1v) is 9.92. The van der Waals surface area contributed by atoms with Crippen molar-refractivity contribution in [1.82, 2.24) is 10.2 Å². The first-order chi connectivity index (χ1) is 9.61. The van der Waals surface area contributed by atoms with E-state index in [1.807, 2.05) is 0 Å². The fourth-order valence-electron chi connectivity index (χ4n) is 4.30. The lowest BCUT2D eigenvalue weighted by Crippen LogP contribution is -2.58. The van der Waals surface area contributed by atoms with E-state index in [1.54, 1.807) is 0 Å². The molecule has 1 aliphatic carbocycles. The summed E-state index contributed by atoms with van der Waals surface area (Å²) in [5.41, 5.74) is 0. The van der Waals surface area contributed by atoms with Gasteiger partial charge in [-0.05, 0) is 44.7 Å². The Hall–Kier alpha value is -0.130. The Kier molecular flexibility index (Phi) is 4.39. The summed E-state index contributed by atoms with van der Waals surface area (Å²) in [5, 5.41) is 3.41. The Balaban J connectivity index is 1.66. The molecule has 1 saturated carbocycles. The van der Waals surface area contributed by atoms with Crippen molar-refractivity contribution in [3.05, 3.63) is 0 Å². The van der Waals surface area contributed by atoms with Crippen LogP contribution in [0.15, 0.2) is 0 Å². The van der Waals surface area contributed by atoms with E-state index in [0.29, 0.717) is 5.75 Å². The number of rotatable bonds is 2. The zero-order valence-electron chi connectivity index (χ0n) is 12.4. The lowest BCUT2D eigenvalue weighted by atomic mass is 9.87. The molecule has 0 aromatic carbocycles. The Morgan fingerprint density at radius 2 is 1.80 bits per heavy atom. The smallest absolute Gasteiger partial charge is 0.158 e. The van der Waals surface area contributed by atoms with Crippen LogP contribution in [0.1, 0.15) is 44.9 Å². The van der Waals surface area contributed by atoms with Gasteiger partial charge in [0.1, 0.15) is 0 Å². The minimum atomic E-state index is -2.87. The molecule has 5 heteroatoms. The van der Waals surface area contributed by atoms with Gasteiger partial charge in [0, 0.05) is 19.6 Å². The van der Waals surface area contributed by atoms with Gasteiger partial charge in [-0.3, -0.25) is 0 Å². The number of hydrogen-bond acceptors (Lipinski definition) is 4. The normalized spacial score (nSPS) is 31.4. The quantitative estimate of drug-likeness (QED) is 0.838. The molecule has 2 aliphatic heterocycles. The summed E-state index contributed by atoms with van der Waals surface area (Å²) in [7, 11) is -2.87. The average molecular weight is 300 g/mol. The van der Waals surface area contributed by atoms with E-state index in [1.165, 1.54) is 19.3 Å². The van der Waals surface area contributed by atoms with Gasteiger partial charge in [0.05, 0.1) is 10.5 Å². The minimum absolute atomic E-state index is 0.387. The van der Waals surface area contributed by atoms with Crippen molar-refractivity contribution in [3.63, 3.8) is 0 Å². The molecule has 4 nitrogen and oxygen atoms in total. The van der Waals surface area contributed by atoms with Gasteiger partial charge < -0.3 is 10.2 Å². The zero-order valence-corrected chi connectivity index (χ0v) is 13.3. The average Bonchev–Trinajstić information content (AvgIpc) is 2.46. The Morgan fingerprint density at radius 1 is 1.10 bits per heavy atom. The van der Waals surface area contributed by atoms with E-state index in [-0.39, 0.29) is 0 Å². The largest absolute Gasteiger partial charge is 0.317 e. The van der Waals surface area contributed by atoms with E-state index in [4.69, 9.17) is 0 Å². The second-order valence-corrected chi connectivity index (χ2v) is 9.49. The molecule has 20 heavy (non-hydrogen) atoms. The predicted molar refractivity (Wildman–Crippen MR) is 81.6 cm³/mol. The molecule has 0 bridgehead atoms. The topological polar surface area (TPSA) is 49.4 Å². The van der Waals surface area contributed by atoms with Crippen LogP contribution in [-0.4, -0.2) is 56.5 Å². The second-order valence-electron chi connectivity index (χ2n) is 6.99. The third kappa shape index (κ3) is 2.90. The maximum atomic E-state index is 12.6. The van der Waals surface area contributed by atoms with Crippen molar-refractivity contribution >= 4 is 9.84 Å². The van der Waals surface area contributed by atoms with Gasteiger partial charge in [0.2, 0.25) is 0 Å². The molecule has 1 spiro atoms. The van der Waals surface area contributed by atoms with Gasteiger partial charge >= 0.3 is 0 Å². The molecule has 0 atom stereocenters. The van der Waals surface area contributed by atoms with Gasteiger partial charge in [0.25, 0.3) is 0 Å². The highest BCUT2D eigenvalue weighted by molar-refractivity contribution is 7.92. The molecular formula is C15H28N2O2S. The van der Waals surface area contributed by atoms with Gasteiger partial charge in [0.15, 0.2) is 9.84 Å². The summed E-state index contributed by atoms with van der Waals surface area (Å²) >= 11 is 0. The number of hydrogen-bond donors (Lipinski definition) is 1. The summed E-state index contributed by atoms with van der Waals surface area (Å²) in [4.78, 5) is 2.46. The monoisotopic (exact) mass is 300 g/mol. The third-order valence-electron chi connectivity index (χ3n) is 5.59. The second kappa shape index (κ2) is 5.93. The summed E-state index contributed by atoms with van der Waals surface area (Å²) in [5.74, 6) is 1.15. The van der Waals surface area contributed by atoms with Crippen LogP contribution in [0.5, 0.6) is 0 Å². The van der Waals surface area contributed by atoms with Crippen LogP contribution in [0, 0.1) is 5.92 Å². The lowest BCUT2D eigenvalue weighted by Gasteiger charge is -2.45. The fourth-order valence-corrected chi connectivity index (χ4v) is 6.52. The van der Waals surface area contributed by atoms with Gasteiger partial charge in [-0.2, -0.15) is 0 Å². The van der Waals surface area contributed by atoms with Crippen LogP contribution in [0.3, 0.4) is 0 Å². The first kappa shape index (κ1) is 14.8. The van der Waals surface area contributed by atoms with Crippen molar-refractivity contribution < 1.29 is 8.42 Å². The molecule has 0 radical (unpaired) electrons. The van der Waals surface area contributed by atoms with Crippen LogP contribution in [0.25, 0.3) is 0 Å². The molecule has 3 fully saturated rings. The standard InChI is InChI=1S/C15H28N2O2S/c18-20(19)11-10-17(12-14-4-8-16-9-5-14)13-15(20)6-2-1-3-7-15/h14,16H,1-13H2. The van der Waals surface area contributed by atoms with Gasteiger partial charge in [-0.25, -0.2) is 8.42 Å². The molecule has 2 saturated heterocycles. The molecule has 116 valence electrons. The summed E-state index contributed by atoms with van der Waals surface area (Å²) < 4.78 is 24.7. The highest BCUT2D eigenvalue weighted by Gasteiger charge is 2.48. The minimum Gasteiger partial charge on any atom is -0.317 e. The van der Waals surface area contributed by atoms with Crippen LogP contribution in [0.2, 0.25) is 0 Å². The van der Waals surface area contributed by atoms with Crippen molar-refractivity contribution in [2.45, 2.75) is 49.7 Å². The molecular weight excluding hydrogens is 272 g/mol. The Labute approximate surface area is 123 Å². The van der Waals surface area contributed by atoms with E-state index < -0.39 is 14.6 Å². The number of sulfone groups is 1. The molecule has 3 aliphatic rings. The zero-order chi connectivity index (χ0) is 14.1. The molecule has 0 aromatic heterocycles. The van der Waals surface area contributed by atoms with E-state index in [2.05, 4.69) is 10.2 Å². The molecule has 3 rings (SSSR count). The highest BCUT2D eigenvalue weighted by atomic mass is 32.2. The predicted octanol–water partition coefficient (Wildman–Crippen LogP) is 1.42. The molecule has 0 unspecified atom stereocenters. The summed E-state index contributed by atoms with van der Waals surface area (Å²) in [6, 6.07) is 0. The van der Waals surface area contributed by atoms with E-state index >= 15 is 0 Å². The van der Waals surface area contributed by atoms with Crippen molar-refractivity contribution in [2.24, 2.45) is 5.92 Å². The van der Waals surface area contributed by atoms with Crippen LogP contribution < -0.4 is 5.32 Å². The lowest BCUT2D eigenvalue weighted by molar-refractivity contribution is 0.168.